The highest BCUT2D eigenvalue weighted by Crippen LogP contribution is 2.45. The Balaban J connectivity index is 2.56. The summed E-state index contributed by atoms with van der Waals surface area (Å²) in [6, 6.07) is 0. The lowest BCUT2D eigenvalue weighted by molar-refractivity contribution is 0.0734. The summed E-state index contributed by atoms with van der Waals surface area (Å²) < 4.78 is 0. The lowest BCUT2D eigenvalue weighted by Crippen LogP contribution is -2.33. The van der Waals surface area contributed by atoms with Crippen LogP contribution in [0.15, 0.2) is 0 Å². The molecule has 0 heteroatoms. The van der Waals surface area contributed by atoms with Crippen LogP contribution in [0.1, 0.15) is 93.9 Å². The van der Waals surface area contributed by atoms with Gasteiger partial charge < -0.3 is 0 Å². The molecule has 0 aromatic heterocycles. The van der Waals surface area contributed by atoms with Crippen LogP contribution in [-0.2, 0) is 0 Å². The lowest BCUT2D eigenvalue weighted by atomic mass is 9.63. The van der Waals surface area contributed by atoms with Gasteiger partial charge in [0.15, 0.2) is 0 Å². The molecule has 6 atom stereocenters. The van der Waals surface area contributed by atoms with Gasteiger partial charge in [0.2, 0.25) is 0 Å². The number of rotatable bonds is 9. The molecule has 0 N–H and O–H groups in total. The Kier molecular flexibility index (Phi) is 7.28. The molecule has 0 radical (unpaired) electrons. The maximum absolute atomic E-state index is 2.50. The van der Waals surface area contributed by atoms with Crippen LogP contribution in [0.25, 0.3) is 0 Å². The van der Waals surface area contributed by atoms with E-state index in [1.54, 1.807) is 0 Å². The number of hydrogen-bond acceptors (Lipinski definition) is 0. The van der Waals surface area contributed by atoms with Crippen LogP contribution in [0.4, 0.5) is 0 Å². The Morgan fingerprint density at radius 3 is 2.10 bits per heavy atom. The molecule has 0 spiro atoms. The van der Waals surface area contributed by atoms with Gasteiger partial charge in [-0.2, -0.15) is 0 Å². The highest BCUT2D eigenvalue weighted by molar-refractivity contribution is 4.86. The van der Waals surface area contributed by atoms with Gasteiger partial charge in [0.25, 0.3) is 0 Å². The molecule has 1 fully saturated rings. The largest absolute Gasteiger partial charge is 0.0651 e. The quantitative estimate of drug-likeness (QED) is 0.422. The maximum Gasteiger partial charge on any atom is -0.0326 e. The van der Waals surface area contributed by atoms with E-state index in [4.69, 9.17) is 0 Å². The predicted molar refractivity (Wildman–Crippen MR) is 96.5 cm³/mol. The topological polar surface area (TPSA) is 0 Å². The minimum absolute atomic E-state index is 0.501. The fourth-order valence-corrected chi connectivity index (χ4v) is 4.34. The van der Waals surface area contributed by atoms with Gasteiger partial charge in [-0.25, -0.2) is 0 Å². The molecule has 1 rings (SSSR count). The molecule has 0 aliphatic heterocycles. The molecule has 0 aromatic rings. The van der Waals surface area contributed by atoms with Gasteiger partial charge in [0, 0.05) is 0 Å². The average Bonchev–Trinajstić information content (AvgIpc) is 2.47. The first kappa shape index (κ1) is 19.0. The summed E-state index contributed by atoms with van der Waals surface area (Å²) in [7, 11) is 0. The van der Waals surface area contributed by atoms with Gasteiger partial charge in [0.1, 0.15) is 0 Å². The van der Waals surface area contributed by atoms with Crippen LogP contribution in [0.3, 0.4) is 0 Å². The van der Waals surface area contributed by atoms with Gasteiger partial charge in [-0.3, -0.25) is 0 Å². The predicted octanol–water partition coefficient (Wildman–Crippen LogP) is 7.18. The van der Waals surface area contributed by atoms with Crippen LogP contribution < -0.4 is 0 Å². The van der Waals surface area contributed by atoms with Crippen molar-refractivity contribution in [2.45, 2.75) is 93.9 Å². The van der Waals surface area contributed by atoms with E-state index in [2.05, 4.69) is 55.4 Å². The van der Waals surface area contributed by atoms with Crippen molar-refractivity contribution < 1.29 is 0 Å². The zero-order valence-electron chi connectivity index (χ0n) is 16.2. The molecular weight excluding hydrogens is 252 g/mol. The van der Waals surface area contributed by atoms with Crippen molar-refractivity contribution in [2.24, 2.45) is 40.9 Å². The van der Waals surface area contributed by atoms with Crippen molar-refractivity contribution in [1.82, 2.24) is 0 Å². The molecule has 0 saturated heterocycles. The highest BCUT2D eigenvalue weighted by atomic mass is 14.4. The summed E-state index contributed by atoms with van der Waals surface area (Å²) in [5.41, 5.74) is 0.501. The van der Waals surface area contributed by atoms with E-state index in [0.717, 1.165) is 35.5 Å². The fraction of sp³-hybridized carbons (Fsp3) is 1.00. The normalized spacial score (nSPS) is 30.6. The zero-order chi connectivity index (χ0) is 16.2. The van der Waals surface area contributed by atoms with Gasteiger partial charge >= 0.3 is 0 Å². The van der Waals surface area contributed by atoms with Gasteiger partial charge in [-0.05, 0) is 66.6 Å². The molecule has 1 aliphatic rings. The average molecular weight is 295 g/mol. The molecular formula is C21H42. The second kappa shape index (κ2) is 8.02. The van der Waals surface area contributed by atoms with E-state index in [-0.39, 0.29) is 0 Å². The molecule has 21 heavy (non-hydrogen) atoms. The van der Waals surface area contributed by atoms with E-state index in [0.29, 0.717) is 5.41 Å². The van der Waals surface area contributed by atoms with E-state index >= 15 is 0 Å². The van der Waals surface area contributed by atoms with Crippen molar-refractivity contribution in [2.75, 3.05) is 0 Å². The van der Waals surface area contributed by atoms with Gasteiger partial charge in [-0.1, -0.05) is 68.2 Å². The maximum atomic E-state index is 2.50. The first-order valence-corrected chi connectivity index (χ1v) is 9.72. The Bertz CT molecular complexity index is 290. The summed E-state index contributed by atoms with van der Waals surface area (Å²) in [5.74, 6) is 5.65. The van der Waals surface area contributed by atoms with Crippen molar-refractivity contribution >= 4 is 0 Å². The lowest BCUT2D eigenvalue weighted by Gasteiger charge is -2.43. The molecule has 0 heterocycles. The van der Waals surface area contributed by atoms with Crippen LogP contribution in [-0.4, -0.2) is 0 Å². The standard InChI is InChI=1S/C21H42/c1-9-15(3)20(14-21(7,8)17(5)10-2)12-11-19-13-16(4)18(19)6/h15-20H,9-14H2,1-8H3. The third-order valence-electron chi connectivity index (χ3n) is 7.41. The highest BCUT2D eigenvalue weighted by Gasteiger charge is 2.35. The second-order valence-corrected chi connectivity index (χ2v) is 9.06. The van der Waals surface area contributed by atoms with Crippen molar-refractivity contribution in [1.29, 1.82) is 0 Å². The van der Waals surface area contributed by atoms with Crippen LogP contribution in [0.2, 0.25) is 0 Å². The third-order valence-corrected chi connectivity index (χ3v) is 7.41. The van der Waals surface area contributed by atoms with Crippen molar-refractivity contribution in [3.63, 3.8) is 0 Å². The molecule has 0 bridgehead atoms. The summed E-state index contributed by atoms with van der Waals surface area (Å²) in [5, 5.41) is 0. The Labute approximate surface area is 135 Å². The van der Waals surface area contributed by atoms with Crippen molar-refractivity contribution in [3.8, 4) is 0 Å². The molecule has 6 unspecified atom stereocenters. The Morgan fingerprint density at radius 1 is 1.05 bits per heavy atom. The van der Waals surface area contributed by atoms with Crippen LogP contribution in [0, 0.1) is 40.9 Å². The van der Waals surface area contributed by atoms with Crippen molar-refractivity contribution in [3.05, 3.63) is 0 Å². The minimum Gasteiger partial charge on any atom is -0.0651 e. The van der Waals surface area contributed by atoms with Crippen LogP contribution >= 0.6 is 0 Å². The van der Waals surface area contributed by atoms with E-state index in [9.17, 15) is 0 Å². The zero-order valence-corrected chi connectivity index (χ0v) is 16.2. The second-order valence-electron chi connectivity index (χ2n) is 9.06. The minimum atomic E-state index is 0.501. The Hall–Kier alpha value is 0. The van der Waals surface area contributed by atoms with Gasteiger partial charge in [-0.15, -0.1) is 0 Å². The van der Waals surface area contributed by atoms with Gasteiger partial charge in [0.05, 0.1) is 0 Å². The van der Waals surface area contributed by atoms with E-state index < -0.39 is 0 Å². The summed E-state index contributed by atoms with van der Waals surface area (Å²) in [6.07, 6.45) is 8.53. The summed E-state index contributed by atoms with van der Waals surface area (Å²) >= 11 is 0. The van der Waals surface area contributed by atoms with Crippen LogP contribution in [0.5, 0.6) is 0 Å². The van der Waals surface area contributed by atoms with E-state index in [1.165, 1.54) is 38.5 Å². The van der Waals surface area contributed by atoms with E-state index in [1.807, 2.05) is 0 Å². The molecule has 0 amide bonds. The SMILES string of the molecule is CCC(C)C(CCC1CC(C)C1C)CC(C)(C)C(C)CC. The first-order chi connectivity index (χ1) is 9.72. The summed E-state index contributed by atoms with van der Waals surface area (Å²) in [4.78, 5) is 0. The fourth-order valence-electron chi connectivity index (χ4n) is 4.34. The monoisotopic (exact) mass is 294 g/mol. The molecule has 0 nitrogen and oxygen atoms in total. The molecule has 1 saturated carbocycles. The summed E-state index contributed by atoms with van der Waals surface area (Å²) in [6.45, 7) is 19.6. The number of hydrogen-bond donors (Lipinski definition) is 0. The molecule has 0 aromatic carbocycles. The third kappa shape index (κ3) is 5.00. The first-order valence-electron chi connectivity index (χ1n) is 9.72. The smallest absolute Gasteiger partial charge is 0.0326 e. The Morgan fingerprint density at radius 2 is 1.67 bits per heavy atom. The molecule has 126 valence electrons. The molecule has 1 aliphatic carbocycles.